The third-order valence-electron chi connectivity index (χ3n) is 2.14. The van der Waals surface area contributed by atoms with Gasteiger partial charge in [0, 0.05) is 7.05 Å². The van der Waals surface area contributed by atoms with Crippen LogP contribution in [0.1, 0.15) is 19.8 Å². The number of rotatable bonds is 2. The summed E-state index contributed by atoms with van der Waals surface area (Å²) in [5, 5.41) is 2.56. The van der Waals surface area contributed by atoms with Crippen LogP contribution in [0.15, 0.2) is 0 Å². The Morgan fingerprint density at radius 1 is 1.70 bits per heavy atom. The van der Waals surface area contributed by atoms with E-state index in [0.717, 1.165) is 12.8 Å². The van der Waals surface area contributed by atoms with E-state index in [0.29, 0.717) is 5.92 Å². The lowest BCUT2D eigenvalue weighted by molar-refractivity contribution is -0.125. The molecule has 0 aromatic carbocycles. The molecule has 1 rings (SSSR count). The molecule has 0 aromatic rings. The quantitative estimate of drug-likeness (QED) is 0.564. The van der Waals surface area contributed by atoms with Gasteiger partial charge in [-0.15, -0.1) is 0 Å². The van der Waals surface area contributed by atoms with Crippen LogP contribution in [0.2, 0.25) is 0 Å². The first-order chi connectivity index (χ1) is 4.59. The second-order valence-electron chi connectivity index (χ2n) is 3.14. The molecule has 0 saturated heterocycles. The standard InChI is InChI=1S/C7H14N2O/c1-7(8,5-3-4-5)6(10)9-2/h5H,3-4,8H2,1-2H3,(H,9,10). The highest BCUT2D eigenvalue weighted by molar-refractivity contribution is 5.86. The number of amides is 1. The summed E-state index contributed by atoms with van der Waals surface area (Å²) in [7, 11) is 1.62. The van der Waals surface area contributed by atoms with Crippen molar-refractivity contribution in [1.82, 2.24) is 5.32 Å². The SMILES string of the molecule is CNC(=O)C(C)(N)C1CC1. The number of nitrogens with two attached hydrogens (primary N) is 1. The van der Waals surface area contributed by atoms with Crippen molar-refractivity contribution >= 4 is 5.91 Å². The average molecular weight is 142 g/mol. The molecule has 0 spiro atoms. The van der Waals surface area contributed by atoms with Crippen LogP contribution >= 0.6 is 0 Å². The van der Waals surface area contributed by atoms with Gasteiger partial charge in [-0.25, -0.2) is 0 Å². The van der Waals surface area contributed by atoms with E-state index in [-0.39, 0.29) is 5.91 Å². The lowest BCUT2D eigenvalue weighted by atomic mass is 9.96. The molecule has 3 N–H and O–H groups in total. The van der Waals surface area contributed by atoms with Gasteiger partial charge in [0.15, 0.2) is 0 Å². The maximum absolute atomic E-state index is 11.1. The van der Waals surface area contributed by atoms with Gasteiger partial charge in [0.05, 0.1) is 5.54 Å². The molecule has 1 aliphatic rings. The summed E-state index contributed by atoms with van der Waals surface area (Å²) in [4.78, 5) is 11.1. The van der Waals surface area contributed by atoms with E-state index in [1.54, 1.807) is 14.0 Å². The molecular formula is C7H14N2O. The minimum absolute atomic E-state index is 0.0463. The second-order valence-corrected chi connectivity index (χ2v) is 3.14. The maximum Gasteiger partial charge on any atom is 0.239 e. The summed E-state index contributed by atoms with van der Waals surface area (Å²) in [6.45, 7) is 1.80. The molecule has 3 nitrogen and oxygen atoms in total. The number of carbonyl (C=O) groups excluding carboxylic acids is 1. The van der Waals surface area contributed by atoms with Crippen LogP contribution < -0.4 is 11.1 Å². The van der Waals surface area contributed by atoms with Crippen LogP contribution in [0, 0.1) is 5.92 Å². The minimum atomic E-state index is -0.630. The topological polar surface area (TPSA) is 55.1 Å². The van der Waals surface area contributed by atoms with E-state index in [4.69, 9.17) is 5.73 Å². The van der Waals surface area contributed by atoms with E-state index < -0.39 is 5.54 Å². The molecule has 3 heteroatoms. The monoisotopic (exact) mass is 142 g/mol. The minimum Gasteiger partial charge on any atom is -0.358 e. The van der Waals surface area contributed by atoms with Gasteiger partial charge in [-0.1, -0.05) is 0 Å². The van der Waals surface area contributed by atoms with E-state index in [2.05, 4.69) is 5.32 Å². The van der Waals surface area contributed by atoms with Crippen LogP contribution in [-0.4, -0.2) is 18.5 Å². The summed E-state index contributed by atoms with van der Waals surface area (Å²) in [5.74, 6) is 0.363. The van der Waals surface area contributed by atoms with Gasteiger partial charge in [-0.3, -0.25) is 4.79 Å². The molecule has 1 aliphatic carbocycles. The van der Waals surface area contributed by atoms with E-state index >= 15 is 0 Å². The van der Waals surface area contributed by atoms with E-state index in [9.17, 15) is 4.79 Å². The Kier molecular flexibility index (Phi) is 1.68. The van der Waals surface area contributed by atoms with Crippen molar-refractivity contribution in [3.63, 3.8) is 0 Å². The Bertz CT molecular complexity index is 150. The van der Waals surface area contributed by atoms with E-state index in [1.165, 1.54) is 0 Å². The third kappa shape index (κ3) is 1.14. The molecule has 0 heterocycles. The Morgan fingerprint density at radius 2 is 2.20 bits per heavy atom. The summed E-state index contributed by atoms with van der Waals surface area (Å²) in [6, 6.07) is 0. The molecule has 0 bridgehead atoms. The van der Waals surface area contributed by atoms with Gasteiger partial charge in [-0.2, -0.15) is 0 Å². The molecule has 10 heavy (non-hydrogen) atoms. The molecule has 1 amide bonds. The van der Waals surface area contributed by atoms with E-state index in [1.807, 2.05) is 0 Å². The Balaban J connectivity index is 2.56. The van der Waals surface area contributed by atoms with Gasteiger partial charge < -0.3 is 11.1 Å². The van der Waals surface area contributed by atoms with Crippen LogP contribution in [0.4, 0.5) is 0 Å². The molecule has 1 unspecified atom stereocenters. The molecular weight excluding hydrogens is 128 g/mol. The lowest BCUT2D eigenvalue weighted by Crippen LogP contribution is -2.52. The molecule has 0 radical (unpaired) electrons. The molecule has 1 saturated carbocycles. The highest BCUT2D eigenvalue weighted by atomic mass is 16.2. The first kappa shape index (κ1) is 7.54. The van der Waals surface area contributed by atoms with Crippen molar-refractivity contribution in [2.24, 2.45) is 11.7 Å². The van der Waals surface area contributed by atoms with Gasteiger partial charge in [0.25, 0.3) is 0 Å². The highest BCUT2D eigenvalue weighted by Gasteiger charge is 2.43. The molecule has 58 valence electrons. The maximum atomic E-state index is 11.1. The Hall–Kier alpha value is -0.570. The number of hydrogen-bond donors (Lipinski definition) is 2. The highest BCUT2D eigenvalue weighted by Crippen LogP contribution is 2.37. The molecule has 1 atom stereocenters. The average Bonchev–Trinajstić information content (AvgIpc) is 2.66. The molecule has 1 fully saturated rings. The van der Waals surface area contributed by atoms with Gasteiger partial charge in [0.2, 0.25) is 5.91 Å². The number of carbonyl (C=O) groups is 1. The zero-order valence-electron chi connectivity index (χ0n) is 6.48. The van der Waals surface area contributed by atoms with Crippen molar-refractivity contribution < 1.29 is 4.79 Å². The molecule has 0 aliphatic heterocycles. The largest absolute Gasteiger partial charge is 0.358 e. The second kappa shape index (κ2) is 2.23. The fraction of sp³-hybridized carbons (Fsp3) is 0.857. The predicted octanol–water partition coefficient (Wildman–Crippen LogP) is -0.140. The third-order valence-corrected chi connectivity index (χ3v) is 2.14. The first-order valence-corrected chi connectivity index (χ1v) is 3.60. The zero-order valence-corrected chi connectivity index (χ0v) is 6.48. The normalized spacial score (nSPS) is 23.5. The van der Waals surface area contributed by atoms with Crippen LogP contribution in [0.5, 0.6) is 0 Å². The fourth-order valence-electron chi connectivity index (χ4n) is 1.14. The Labute approximate surface area is 61.0 Å². The van der Waals surface area contributed by atoms with Crippen molar-refractivity contribution in [3.8, 4) is 0 Å². The van der Waals surface area contributed by atoms with Gasteiger partial charge in [-0.05, 0) is 25.7 Å². The van der Waals surface area contributed by atoms with Gasteiger partial charge in [0.1, 0.15) is 0 Å². The van der Waals surface area contributed by atoms with Gasteiger partial charge >= 0.3 is 0 Å². The summed E-state index contributed by atoms with van der Waals surface area (Å²) in [5.41, 5.74) is 5.13. The number of nitrogens with one attached hydrogen (secondary N) is 1. The lowest BCUT2D eigenvalue weighted by Gasteiger charge is -2.21. The first-order valence-electron chi connectivity index (χ1n) is 3.60. The summed E-state index contributed by atoms with van der Waals surface area (Å²) in [6.07, 6.45) is 2.20. The van der Waals surface area contributed by atoms with Crippen LogP contribution in [0.3, 0.4) is 0 Å². The van der Waals surface area contributed by atoms with Crippen LogP contribution in [0.25, 0.3) is 0 Å². The van der Waals surface area contributed by atoms with Crippen molar-refractivity contribution in [1.29, 1.82) is 0 Å². The predicted molar refractivity (Wildman–Crippen MR) is 39.4 cm³/mol. The summed E-state index contributed by atoms with van der Waals surface area (Å²) < 4.78 is 0. The number of likely N-dealkylation sites (N-methyl/N-ethyl adjacent to an activating group) is 1. The van der Waals surface area contributed by atoms with Crippen molar-refractivity contribution in [3.05, 3.63) is 0 Å². The fourth-order valence-corrected chi connectivity index (χ4v) is 1.14. The Morgan fingerprint density at radius 3 is 2.50 bits per heavy atom. The molecule has 0 aromatic heterocycles. The summed E-state index contributed by atoms with van der Waals surface area (Å²) >= 11 is 0. The number of hydrogen-bond acceptors (Lipinski definition) is 2. The van der Waals surface area contributed by atoms with Crippen LogP contribution in [-0.2, 0) is 4.79 Å². The zero-order chi connectivity index (χ0) is 7.78. The van der Waals surface area contributed by atoms with Crippen molar-refractivity contribution in [2.75, 3.05) is 7.05 Å². The van der Waals surface area contributed by atoms with Crippen molar-refractivity contribution in [2.45, 2.75) is 25.3 Å². The smallest absolute Gasteiger partial charge is 0.239 e.